The van der Waals surface area contributed by atoms with Crippen molar-refractivity contribution in [3.8, 4) is 5.75 Å². The standard InChI is InChI=1S/C20H18BrN3O4/c1-15(7-5-6-10-16-8-3-2-4-9-16)22-23-20(25)14-28-19-12-11-17(24(26)27)13-18(19)21/h2-13H,14H2,1H3,(H,23,25)/b7-5+,10-6+,22-15+. The number of benzene rings is 2. The van der Waals surface area contributed by atoms with Crippen LogP contribution in [-0.2, 0) is 4.79 Å². The Morgan fingerprint density at radius 3 is 2.68 bits per heavy atom. The molecule has 1 N–H and O–H groups in total. The van der Waals surface area contributed by atoms with Gasteiger partial charge in [0, 0.05) is 12.1 Å². The molecule has 2 aromatic carbocycles. The molecule has 7 nitrogen and oxygen atoms in total. The second kappa shape index (κ2) is 10.8. The van der Waals surface area contributed by atoms with Crippen LogP contribution in [0.1, 0.15) is 12.5 Å². The Labute approximate surface area is 170 Å². The van der Waals surface area contributed by atoms with Gasteiger partial charge in [-0.2, -0.15) is 5.10 Å². The third-order valence-electron chi connectivity index (χ3n) is 3.38. The summed E-state index contributed by atoms with van der Waals surface area (Å²) in [5.74, 6) is -0.120. The lowest BCUT2D eigenvalue weighted by molar-refractivity contribution is -0.384. The van der Waals surface area contributed by atoms with Gasteiger partial charge in [0.1, 0.15) is 5.75 Å². The Morgan fingerprint density at radius 1 is 1.25 bits per heavy atom. The molecule has 0 bridgehead atoms. The normalized spacial score (nSPS) is 11.7. The molecule has 144 valence electrons. The fraction of sp³-hybridized carbons (Fsp3) is 0.100. The molecule has 0 fully saturated rings. The van der Waals surface area contributed by atoms with Gasteiger partial charge in [-0.15, -0.1) is 0 Å². The van der Waals surface area contributed by atoms with E-state index in [0.717, 1.165) is 5.56 Å². The number of hydrogen-bond acceptors (Lipinski definition) is 5. The van der Waals surface area contributed by atoms with Crippen LogP contribution >= 0.6 is 15.9 Å². The van der Waals surface area contributed by atoms with Gasteiger partial charge in [-0.1, -0.05) is 48.6 Å². The first-order valence-corrected chi connectivity index (χ1v) is 9.04. The van der Waals surface area contributed by atoms with Gasteiger partial charge in [0.25, 0.3) is 11.6 Å². The number of nitro benzene ring substituents is 1. The van der Waals surface area contributed by atoms with Gasteiger partial charge in [0.15, 0.2) is 6.61 Å². The number of allylic oxidation sites excluding steroid dienone is 3. The van der Waals surface area contributed by atoms with Crippen molar-refractivity contribution in [2.24, 2.45) is 5.10 Å². The Balaban J connectivity index is 1.80. The first-order chi connectivity index (χ1) is 13.5. The number of nitrogens with one attached hydrogen (secondary N) is 1. The van der Waals surface area contributed by atoms with E-state index in [2.05, 4.69) is 26.5 Å². The van der Waals surface area contributed by atoms with E-state index in [4.69, 9.17) is 4.74 Å². The first-order valence-electron chi connectivity index (χ1n) is 8.25. The van der Waals surface area contributed by atoms with E-state index in [9.17, 15) is 14.9 Å². The number of carbonyl (C=O) groups excluding carboxylic acids is 1. The maximum absolute atomic E-state index is 11.8. The van der Waals surface area contributed by atoms with Gasteiger partial charge in [-0.3, -0.25) is 14.9 Å². The van der Waals surface area contributed by atoms with Crippen LogP contribution in [0.2, 0.25) is 0 Å². The third kappa shape index (κ3) is 7.16. The Bertz CT molecular complexity index is 924. The molecule has 0 aromatic heterocycles. The molecule has 0 saturated carbocycles. The van der Waals surface area contributed by atoms with E-state index in [0.29, 0.717) is 15.9 Å². The minimum atomic E-state index is -0.513. The van der Waals surface area contributed by atoms with Gasteiger partial charge in [-0.05, 0) is 40.6 Å². The van der Waals surface area contributed by atoms with Crippen molar-refractivity contribution in [1.29, 1.82) is 0 Å². The second-order valence-electron chi connectivity index (χ2n) is 5.58. The summed E-state index contributed by atoms with van der Waals surface area (Å²) < 4.78 is 5.72. The lowest BCUT2D eigenvalue weighted by Crippen LogP contribution is -2.25. The van der Waals surface area contributed by atoms with Crippen LogP contribution in [0.15, 0.2) is 76.3 Å². The highest BCUT2D eigenvalue weighted by molar-refractivity contribution is 9.10. The predicted molar refractivity (Wildman–Crippen MR) is 112 cm³/mol. The zero-order valence-corrected chi connectivity index (χ0v) is 16.6. The molecular weight excluding hydrogens is 426 g/mol. The summed E-state index contributed by atoms with van der Waals surface area (Å²) in [6, 6.07) is 13.9. The molecule has 0 radical (unpaired) electrons. The van der Waals surface area contributed by atoms with E-state index in [-0.39, 0.29) is 12.3 Å². The minimum absolute atomic E-state index is 0.0722. The molecule has 28 heavy (non-hydrogen) atoms. The molecule has 2 aromatic rings. The first kappa shape index (κ1) is 21.0. The molecule has 8 heteroatoms. The van der Waals surface area contributed by atoms with Crippen molar-refractivity contribution >= 4 is 39.3 Å². The number of halogens is 1. The maximum atomic E-state index is 11.8. The zero-order chi connectivity index (χ0) is 20.4. The highest BCUT2D eigenvalue weighted by Crippen LogP contribution is 2.28. The van der Waals surface area contributed by atoms with Crippen LogP contribution in [0.25, 0.3) is 6.08 Å². The molecular formula is C20H18BrN3O4. The fourth-order valence-electron chi connectivity index (χ4n) is 2.01. The van der Waals surface area contributed by atoms with Crippen molar-refractivity contribution in [3.63, 3.8) is 0 Å². The predicted octanol–water partition coefficient (Wildman–Crippen LogP) is 4.50. The van der Waals surface area contributed by atoms with Crippen molar-refractivity contribution in [3.05, 3.63) is 86.9 Å². The second-order valence-corrected chi connectivity index (χ2v) is 6.43. The lowest BCUT2D eigenvalue weighted by Gasteiger charge is -2.07. The van der Waals surface area contributed by atoms with Crippen LogP contribution in [0, 0.1) is 10.1 Å². The number of rotatable bonds is 8. The molecule has 1 amide bonds. The average molecular weight is 444 g/mol. The Hall–Kier alpha value is -3.26. The van der Waals surface area contributed by atoms with Gasteiger partial charge >= 0.3 is 0 Å². The highest BCUT2D eigenvalue weighted by atomic mass is 79.9. The summed E-state index contributed by atoms with van der Waals surface area (Å²) in [7, 11) is 0. The van der Waals surface area contributed by atoms with Gasteiger partial charge in [0.2, 0.25) is 0 Å². The van der Waals surface area contributed by atoms with Crippen LogP contribution < -0.4 is 10.2 Å². The summed E-state index contributed by atoms with van der Waals surface area (Å²) in [5, 5.41) is 14.7. The number of carbonyl (C=O) groups is 1. The van der Waals surface area contributed by atoms with Gasteiger partial charge in [0.05, 0.1) is 15.1 Å². The van der Waals surface area contributed by atoms with Gasteiger partial charge < -0.3 is 4.74 Å². The molecule has 2 rings (SSSR count). The number of ether oxygens (including phenoxy) is 1. The number of nitro groups is 1. The Morgan fingerprint density at radius 2 is 2.00 bits per heavy atom. The molecule has 0 atom stereocenters. The summed E-state index contributed by atoms with van der Waals surface area (Å²) in [6.07, 6.45) is 7.42. The number of non-ortho nitro benzene ring substituents is 1. The van der Waals surface area contributed by atoms with E-state index in [1.54, 1.807) is 13.0 Å². The van der Waals surface area contributed by atoms with Gasteiger partial charge in [-0.25, -0.2) is 5.43 Å². The molecule has 0 aliphatic carbocycles. The number of amides is 1. The SMILES string of the molecule is CC(/C=C/C=C/c1ccccc1)=N\NC(=O)COc1ccc([N+](=O)[O-])cc1Br. The molecule has 0 unspecified atom stereocenters. The molecule has 0 aliphatic rings. The quantitative estimate of drug-likeness (QED) is 0.281. The third-order valence-corrected chi connectivity index (χ3v) is 4.00. The van der Waals surface area contributed by atoms with Crippen molar-refractivity contribution < 1.29 is 14.5 Å². The minimum Gasteiger partial charge on any atom is -0.483 e. The van der Waals surface area contributed by atoms with E-state index in [1.165, 1.54) is 18.2 Å². The number of hydrogen-bond donors (Lipinski definition) is 1. The number of hydrazone groups is 1. The smallest absolute Gasteiger partial charge is 0.277 e. The fourth-order valence-corrected chi connectivity index (χ4v) is 2.49. The molecule has 0 saturated heterocycles. The average Bonchev–Trinajstić information content (AvgIpc) is 2.69. The topological polar surface area (TPSA) is 93.8 Å². The van der Waals surface area contributed by atoms with E-state index in [1.807, 2.05) is 48.6 Å². The lowest BCUT2D eigenvalue weighted by atomic mass is 10.2. The van der Waals surface area contributed by atoms with E-state index < -0.39 is 10.8 Å². The molecule has 0 spiro atoms. The summed E-state index contributed by atoms with van der Waals surface area (Å²) >= 11 is 3.18. The van der Waals surface area contributed by atoms with Crippen LogP contribution in [0.4, 0.5) is 5.69 Å². The molecule has 0 aliphatic heterocycles. The van der Waals surface area contributed by atoms with Crippen molar-refractivity contribution in [2.45, 2.75) is 6.92 Å². The van der Waals surface area contributed by atoms with E-state index >= 15 is 0 Å². The largest absolute Gasteiger partial charge is 0.483 e. The van der Waals surface area contributed by atoms with Crippen molar-refractivity contribution in [2.75, 3.05) is 6.61 Å². The maximum Gasteiger partial charge on any atom is 0.277 e. The highest BCUT2D eigenvalue weighted by Gasteiger charge is 2.11. The molecule has 0 heterocycles. The van der Waals surface area contributed by atoms with Crippen molar-refractivity contribution in [1.82, 2.24) is 5.43 Å². The summed E-state index contributed by atoms with van der Waals surface area (Å²) in [5.41, 5.74) is 4.01. The van der Waals surface area contributed by atoms with Crippen LogP contribution in [-0.4, -0.2) is 23.1 Å². The van der Waals surface area contributed by atoms with Crippen LogP contribution in [0.3, 0.4) is 0 Å². The van der Waals surface area contributed by atoms with Crippen LogP contribution in [0.5, 0.6) is 5.75 Å². The number of nitrogens with zero attached hydrogens (tertiary/aromatic N) is 2. The zero-order valence-electron chi connectivity index (χ0n) is 15.0. The Kier molecular flexibility index (Phi) is 8.11. The summed E-state index contributed by atoms with van der Waals surface area (Å²) in [4.78, 5) is 22.0. The monoisotopic (exact) mass is 443 g/mol. The summed E-state index contributed by atoms with van der Waals surface area (Å²) in [6.45, 7) is 1.48.